The molecule has 0 saturated carbocycles. The van der Waals surface area contributed by atoms with E-state index in [0.717, 1.165) is 10.0 Å². The maximum Gasteiger partial charge on any atom is 0.288 e. The predicted molar refractivity (Wildman–Crippen MR) is 82.7 cm³/mol. The van der Waals surface area contributed by atoms with Crippen LogP contribution in [0.25, 0.3) is 11.1 Å². The molecule has 0 bridgehead atoms. The summed E-state index contributed by atoms with van der Waals surface area (Å²) in [6, 6.07) is 12.9. The summed E-state index contributed by atoms with van der Waals surface area (Å²) in [5.74, 6) is 0.363. The Kier molecular flexibility index (Phi) is 3.58. The minimum absolute atomic E-state index is 0.227. The Labute approximate surface area is 126 Å². The number of aromatic nitrogens is 1. The molecule has 20 heavy (non-hydrogen) atoms. The van der Waals surface area contributed by atoms with Gasteiger partial charge in [-0.3, -0.25) is 0 Å². The lowest BCUT2D eigenvalue weighted by Gasteiger charge is -1.99. The van der Waals surface area contributed by atoms with E-state index in [-0.39, 0.29) is 5.22 Å². The molecule has 1 heterocycles. The number of halogens is 1. The molecule has 1 atom stereocenters. The summed E-state index contributed by atoms with van der Waals surface area (Å²) in [5, 5.41) is 0.227. The number of fused-ring (bicyclic) bond motifs is 1. The first-order chi connectivity index (χ1) is 9.61. The first-order valence-electron chi connectivity index (χ1n) is 5.91. The number of oxazole rings is 1. The maximum absolute atomic E-state index is 12.3. The van der Waals surface area contributed by atoms with Gasteiger partial charge >= 0.3 is 0 Å². The highest BCUT2D eigenvalue weighted by molar-refractivity contribution is 9.10. The van der Waals surface area contributed by atoms with E-state index in [2.05, 4.69) is 20.9 Å². The van der Waals surface area contributed by atoms with Gasteiger partial charge in [0.05, 0.1) is 5.75 Å². The van der Waals surface area contributed by atoms with Crippen LogP contribution in [-0.4, -0.2) is 9.19 Å². The van der Waals surface area contributed by atoms with E-state index in [1.807, 2.05) is 24.3 Å². The number of hydrogen-bond donors (Lipinski definition) is 1. The number of benzene rings is 2. The van der Waals surface area contributed by atoms with Crippen molar-refractivity contribution in [3.8, 4) is 0 Å². The Bertz CT molecular complexity index is 801. The lowest BCUT2D eigenvalue weighted by Crippen LogP contribution is -1.96. The van der Waals surface area contributed by atoms with E-state index >= 15 is 0 Å². The third kappa shape index (κ3) is 2.76. The maximum atomic E-state index is 12.3. The lowest BCUT2D eigenvalue weighted by molar-refractivity contribution is 0.477. The molecular formula is C14H11BrN2O2S. The largest absolute Gasteiger partial charge is 0.430 e. The van der Waals surface area contributed by atoms with Gasteiger partial charge in [-0.2, -0.15) is 0 Å². The highest BCUT2D eigenvalue weighted by atomic mass is 79.9. The van der Waals surface area contributed by atoms with Crippen molar-refractivity contribution in [1.82, 2.24) is 4.98 Å². The lowest BCUT2D eigenvalue weighted by atomic mass is 10.2. The van der Waals surface area contributed by atoms with Crippen LogP contribution in [0.4, 0.5) is 5.69 Å². The quantitative estimate of drug-likeness (QED) is 0.734. The number of anilines is 1. The van der Waals surface area contributed by atoms with E-state index in [0.29, 0.717) is 22.5 Å². The van der Waals surface area contributed by atoms with E-state index in [9.17, 15) is 4.21 Å². The molecule has 102 valence electrons. The number of nitrogens with zero attached hydrogens (tertiary/aromatic N) is 1. The average Bonchev–Trinajstić information content (AvgIpc) is 2.81. The SMILES string of the molecule is Nc1ccc2oc(S(=O)Cc3cccc(Br)c3)nc2c1. The van der Waals surface area contributed by atoms with Crippen molar-refractivity contribution in [2.75, 3.05) is 5.73 Å². The second kappa shape index (κ2) is 5.38. The number of rotatable bonds is 3. The van der Waals surface area contributed by atoms with Gasteiger partial charge in [-0.1, -0.05) is 28.1 Å². The Hall–Kier alpha value is -1.66. The molecule has 4 nitrogen and oxygen atoms in total. The average molecular weight is 351 g/mol. The van der Waals surface area contributed by atoms with Crippen LogP contribution in [-0.2, 0) is 16.6 Å². The van der Waals surface area contributed by atoms with Gasteiger partial charge in [-0.05, 0) is 35.9 Å². The van der Waals surface area contributed by atoms with Gasteiger partial charge in [0.2, 0.25) is 0 Å². The van der Waals surface area contributed by atoms with Gasteiger partial charge in [0, 0.05) is 10.2 Å². The van der Waals surface area contributed by atoms with E-state index in [4.69, 9.17) is 10.2 Å². The number of nitrogen functional groups attached to an aromatic ring is 1. The van der Waals surface area contributed by atoms with Crippen molar-refractivity contribution < 1.29 is 8.63 Å². The Morgan fingerprint density at radius 3 is 2.90 bits per heavy atom. The Balaban J connectivity index is 1.88. The zero-order valence-corrected chi connectivity index (χ0v) is 12.8. The van der Waals surface area contributed by atoms with Crippen molar-refractivity contribution in [2.24, 2.45) is 0 Å². The molecule has 6 heteroatoms. The first kappa shape index (κ1) is 13.3. The first-order valence-corrected chi connectivity index (χ1v) is 8.02. The minimum atomic E-state index is -1.32. The molecule has 3 aromatic rings. The summed E-state index contributed by atoms with van der Waals surface area (Å²) in [6.45, 7) is 0. The van der Waals surface area contributed by atoms with Crippen LogP contribution >= 0.6 is 15.9 Å². The summed E-state index contributed by atoms with van der Waals surface area (Å²) < 4.78 is 18.8. The topological polar surface area (TPSA) is 69.1 Å². The second-order valence-corrected chi connectivity index (χ2v) is 6.57. The van der Waals surface area contributed by atoms with Crippen LogP contribution in [0.1, 0.15) is 5.56 Å². The fourth-order valence-electron chi connectivity index (χ4n) is 1.86. The molecule has 0 saturated heterocycles. The van der Waals surface area contributed by atoms with Crippen LogP contribution in [0.5, 0.6) is 0 Å². The molecule has 2 aromatic carbocycles. The summed E-state index contributed by atoms with van der Waals surface area (Å²) >= 11 is 3.39. The van der Waals surface area contributed by atoms with Gasteiger partial charge in [0.1, 0.15) is 16.3 Å². The normalized spacial score (nSPS) is 12.7. The third-order valence-electron chi connectivity index (χ3n) is 2.77. The number of nitrogens with two attached hydrogens (primary N) is 1. The van der Waals surface area contributed by atoms with Crippen molar-refractivity contribution in [3.63, 3.8) is 0 Å². The fourth-order valence-corrected chi connectivity index (χ4v) is 3.30. The summed E-state index contributed by atoms with van der Waals surface area (Å²) in [6.07, 6.45) is 0. The van der Waals surface area contributed by atoms with Crippen molar-refractivity contribution in [1.29, 1.82) is 0 Å². The highest BCUT2D eigenvalue weighted by Gasteiger charge is 2.13. The zero-order chi connectivity index (χ0) is 14.1. The Morgan fingerprint density at radius 1 is 1.25 bits per heavy atom. The van der Waals surface area contributed by atoms with Crippen molar-refractivity contribution >= 4 is 43.5 Å². The molecule has 1 unspecified atom stereocenters. The molecule has 0 aliphatic rings. The molecular weight excluding hydrogens is 340 g/mol. The highest BCUT2D eigenvalue weighted by Crippen LogP contribution is 2.22. The van der Waals surface area contributed by atoms with Crippen LogP contribution in [0.3, 0.4) is 0 Å². The smallest absolute Gasteiger partial charge is 0.288 e. The van der Waals surface area contributed by atoms with Crippen molar-refractivity contribution in [2.45, 2.75) is 11.0 Å². The summed E-state index contributed by atoms with van der Waals surface area (Å²) in [5.41, 5.74) is 8.47. The Morgan fingerprint density at radius 2 is 2.10 bits per heavy atom. The molecule has 0 amide bonds. The zero-order valence-electron chi connectivity index (χ0n) is 10.4. The van der Waals surface area contributed by atoms with Gasteiger partial charge in [0.15, 0.2) is 5.58 Å². The van der Waals surface area contributed by atoms with Crippen LogP contribution in [0.15, 0.2) is 56.6 Å². The molecule has 0 spiro atoms. The molecule has 0 aliphatic carbocycles. The van der Waals surface area contributed by atoms with Gasteiger partial charge in [-0.25, -0.2) is 9.19 Å². The summed E-state index contributed by atoms with van der Waals surface area (Å²) in [7, 11) is -1.32. The van der Waals surface area contributed by atoms with E-state index in [1.165, 1.54) is 0 Å². The van der Waals surface area contributed by atoms with Gasteiger partial charge in [0.25, 0.3) is 5.22 Å². The number of hydrogen-bond acceptors (Lipinski definition) is 4. The molecule has 0 radical (unpaired) electrons. The standard InChI is InChI=1S/C14H11BrN2O2S/c15-10-3-1-2-9(6-10)8-20(18)14-17-12-7-11(16)4-5-13(12)19-14/h1-7H,8,16H2. The monoisotopic (exact) mass is 350 g/mol. The third-order valence-corrected chi connectivity index (χ3v) is 4.43. The summed E-state index contributed by atoms with van der Waals surface area (Å²) in [4.78, 5) is 4.23. The van der Waals surface area contributed by atoms with E-state index < -0.39 is 10.8 Å². The second-order valence-electron chi connectivity index (χ2n) is 4.33. The van der Waals surface area contributed by atoms with Crippen LogP contribution in [0, 0.1) is 0 Å². The van der Waals surface area contributed by atoms with Gasteiger partial charge in [-0.15, -0.1) is 0 Å². The minimum Gasteiger partial charge on any atom is -0.430 e. The van der Waals surface area contributed by atoms with Crippen LogP contribution in [0.2, 0.25) is 0 Å². The molecule has 0 aliphatic heterocycles. The molecule has 1 aromatic heterocycles. The predicted octanol–water partition coefficient (Wildman–Crippen LogP) is 3.48. The van der Waals surface area contributed by atoms with Gasteiger partial charge < -0.3 is 10.2 Å². The fraction of sp³-hybridized carbons (Fsp3) is 0.0714. The molecule has 3 rings (SSSR count). The molecule has 2 N–H and O–H groups in total. The van der Waals surface area contributed by atoms with Crippen LogP contribution < -0.4 is 5.73 Å². The molecule has 0 fully saturated rings. The van der Waals surface area contributed by atoms with Crippen molar-refractivity contribution in [3.05, 3.63) is 52.5 Å². The van der Waals surface area contributed by atoms with E-state index in [1.54, 1.807) is 18.2 Å².